The van der Waals surface area contributed by atoms with Crippen molar-refractivity contribution >= 4 is 29.9 Å². The van der Waals surface area contributed by atoms with E-state index in [2.05, 4.69) is 51.2 Å². The van der Waals surface area contributed by atoms with Gasteiger partial charge in [-0.15, -0.1) is 34.2 Å². The number of ether oxygens (including phenoxy) is 1. The molecule has 0 radical (unpaired) electrons. The minimum absolute atomic E-state index is 0. The molecule has 1 aliphatic rings. The molecule has 27 heavy (non-hydrogen) atoms. The summed E-state index contributed by atoms with van der Waals surface area (Å²) in [6.45, 7) is 11.5. The molecule has 0 aromatic carbocycles. The summed E-state index contributed by atoms with van der Waals surface area (Å²) in [7, 11) is 0. The van der Waals surface area contributed by atoms with Crippen molar-refractivity contribution in [3.8, 4) is 0 Å². The fourth-order valence-electron chi connectivity index (χ4n) is 3.04. The standard InChI is InChI=1S/C19H36N6O.HI/c1-4-20-19(21-11-8-14-26-15-16(2)3)22-12-10-18-24-23-17-9-6-5-7-13-25(17)18;/h16H,4-15H2,1-3H3,(H2,20,21,22);1H. The smallest absolute Gasteiger partial charge is 0.191 e. The molecular formula is C19H37IN6O. The number of aliphatic imine (C=N–C) groups is 1. The van der Waals surface area contributed by atoms with Gasteiger partial charge in [0.1, 0.15) is 11.6 Å². The summed E-state index contributed by atoms with van der Waals surface area (Å²) < 4.78 is 7.91. The van der Waals surface area contributed by atoms with Crippen molar-refractivity contribution in [1.29, 1.82) is 0 Å². The normalized spacial score (nSPS) is 14.4. The van der Waals surface area contributed by atoms with Crippen LogP contribution in [0.3, 0.4) is 0 Å². The van der Waals surface area contributed by atoms with Crippen molar-refractivity contribution in [3.05, 3.63) is 11.6 Å². The Balaban J connectivity index is 0.00000364. The van der Waals surface area contributed by atoms with Crippen LogP contribution in [0, 0.1) is 5.92 Å². The molecule has 1 aromatic heterocycles. The second-order valence-corrected chi connectivity index (χ2v) is 7.25. The van der Waals surface area contributed by atoms with Crippen molar-refractivity contribution in [1.82, 2.24) is 25.4 Å². The van der Waals surface area contributed by atoms with Crippen molar-refractivity contribution in [2.45, 2.75) is 65.8 Å². The second kappa shape index (κ2) is 14.1. The number of hydrogen-bond donors (Lipinski definition) is 2. The van der Waals surface area contributed by atoms with Crippen molar-refractivity contribution in [2.75, 3.05) is 32.8 Å². The minimum atomic E-state index is 0. The monoisotopic (exact) mass is 492 g/mol. The summed E-state index contributed by atoms with van der Waals surface area (Å²) in [6.07, 6.45) is 6.63. The summed E-state index contributed by atoms with van der Waals surface area (Å²) in [5.41, 5.74) is 0. The van der Waals surface area contributed by atoms with Crippen LogP contribution < -0.4 is 10.6 Å². The number of fused-ring (bicyclic) bond motifs is 1. The van der Waals surface area contributed by atoms with E-state index in [0.717, 1.165) is 76.3 Å². The molecule has 2 heterocycles. The van der Waals surface area contributed by atoms with Crippen LogP contribution >= 0.6 is 24.0 Å². The highest BCUT2D eigenvalue weighted by Crippen LogP contribution is 2.14. The molecule has 0 aliphatic carbocycles. The largest absolute Gasteiger partial charge is 0.381 e. The molecule has 0 unspecified atom stereocenters. The highest BCUT2D eigenvalue weighted by Gasteiger charge is 2.14. The highest BCUT2D eigenvalue weighted by molar-refractivity contribution is 14.0. The van der Waals surface area contributed by atoms with Gasteiger partial charge in [-0.2, -0.15) is 0 Å². The molecule has 7 nitrogen and oxygen atoms in total. The molecule has 1 aliphatic heterocycles. The Morgan fingerprint density at radius 1 is 1.22 bits per heavy atom. The molecule has 0 amide bonds. The van der Waals surface area contributed by atoms with Crippen LogP contribution in [0.2, 0.25) is 0 Å². The Labute approximate surface area is 181 Å². The van der Waals surface area contributed by atoms with Crippen molar-refractivity contribution in [2.24, 2.45) is 10.9 Å². The third-order valence-corrected chi connectivity index (χ3v) is 4.34. The Morgan fingerprint density at radius 2 is 2.07 bits per heavy atom. The number of aryl methyl sites for hydroxylation is 1. The fraction of sp³-hybridized carbons (Fsp3) is 0.842. The van der Waals surface area contributed by atoms with Gasteiger partial charge < -0.3 is 19.9 Å². The molecule has 2 N–H and O–H groups in total. The Hall–Kier alpha value is -0.900. The van der Waals surface area contributed by atoms with Crippen LogP contribution in [0.4, 0.5) is 0 Å². The van der Waals surface area contributed by atoms with Crippen LogP contribution in [-0.4, -0.2) is 53.6 Å². The molecule has 0 atom stereocenters. The van der Waals surface area contributed by atoms with Crippen LogP contribution in [0.25, 0.3) is 0 Å². The van der Waals surface area contributed by atoms with Crippen LogP contribution in [0.1, 0.15) is 58.1 Å². The average Bonchev–Trinajstić information content (AvgIpc) is 2.84. The number of nitrogens with one attached hydrogen (secondary N) is 2. The topological polar surface area (TPSA) is 76.4 Å². The number of halogens is 1. The van der Waals surface area contributed by atoms with Gasteiger partial charge in [-0.3, -0.25) is 4.99 Å². The van der Waals surface area contributed by atoms with Crippen LogP contribution in [-0.2, 0) is 24.1 Å². The molecule has 0 spiro atoms. The summed E-state index contributed by atoms with van der Waals surface area (Å²) >= 11 is 0. The lowest BCUT2D eigenvalue weighted by Gasteiger charge is -2.12. The van der Waals surface area contributed by atoms with Gasteiger partial charge in [0.2, 0.25) is 0 Å². The zero-order valence-corrected chi connectivity index (χ0v) is 19.5. The second-order valence-electron chi connectivity index (χ2n) is 7.25. The lowest BCUT2D eigenvalue weighted by Crippen LogP contribution is -2.38. The maximum atomic E-state index is 5.60. The third-order valence-electron chi connectivity index (χ3n) is 4.34. The maximum Gasteiger partial charge on any atom is 0.191 e. The number of rotatable bonds is 10. The van der Waals surface area contributed by atoms with Crippen molar-refractivity contribution < 1.29 is 4.74 Å². The zero-order chi connectivity index (χ0) is 18.6. The highest BCUT2D eigenvalue weighted by atomic mass is 127. The predicted molar refractivity (Wildman–Crippen MR) is 121 cm³/mol. The SMILES string of the molecule is CCNC(=NCCCOCC(C)C)NCCc1nnc2n1CCCCC2.I. The van der Waals surface area contributed by atoms with E-state index >= 15 is 0 Å². The summed E-state index contributed by atoms with van der Waals surface area (Å²) in [4.78, 5) is 4.62. The number of hydrogen-bond acceptors (Lipinski definition) is 4. The summed E-state index contributed by atoms with van der Waals surface area (Å²) in [5.74, 6) is 3.70. The van der Waals surface area contributed by atoms with Crippen LogP contribution in [0.15, 0.2) is 4.99 Å². The van der Waals surface area contributed by atoms with Crippen LogP contribution in [0.5, 0.6) is 0 Å². The molecule has 0 saturated carbocycles. The maximum absolute atomic E-state index is 5.60. The molecule has 156 valence electrons. The minimum Gasteiger partial charge on any atom is -0.381 e. The molecular weight excluding hydrogens is 455 g/mol. The first kappa shape index (κ1) is 24.1. The Kier molecular flexibility index (Phi) is 12.6. The lowest BCUT2D eigenvalue weighted by molar-refractivity contribution is 0.109. The Morgan fingerprint density at radius 3 is 2.85 bits per heavy atom. The van der Waals surface area contributed by atoms with Gasteiger partial charge in [0, 0.05) is 52.2 Å². The zero-order valence-electron chi connectivity index (χ0n) is 17.2. The Bertz CT molecular complexity index is 546. The third kappa shape index (κ3) is 9.23. The van der Waals surface area contributed by atoms with Gasteiger partial charge in [0.25, 0.3) is 0 Å². The summed E-state index contributed by atoms with van der Waals surface area (Å²) in [6, 6.07) is 0. The van der Waals surface area contributed by atoms with E-state index in [1.165, 1.54) is 19.3 Å². The van der Waals surface area contributed by atoms with E-state index in [4.69, 9.17) is 4.74 Å². The lowest BCUT2D eigenvalue weighted by atomic mass is 10.2. The van der Waals surface area contributed by atoms with Gasteiger partial charge in [-0.05, 0) is 32.1 Å². The molecule has 0 fully saturated rings. The molecule has 0 bridgehead atoms. The van der Waals surface area contributed by atoms with E-state index < -0.39 is 0 Å². The molecule has 2 rings (SSSR count). The van der Waals surface area contributed by atoms with Crippen molar-refractivity contribution in [3.63, 3.8) is 0 Å². The van der Waals surface area contributed by atoms with Gasteiger partial charge >= 0.3 is 0 Å². The number of guanidine groups is 1. The van der Waals surface area contributed by atoms with Gasteiger partial charge in [-0.1, -0.05) is 20.3 Å². The van der Waals surface area contributed by atoms with E-state index in [0.29, 0.717) is 5.92 Å². The van der Waals surface area contributed by atoms with E-state index in [1.54, 1.807) is 0 Å². The molecule has 1 aromatic rings. The molecule has 8 heteroatoms. The molecule has 0 saturated heterocycles. The first-order valence-corrected chi connectivity index (χ1v) is 10.2. The van der Waals surface area contributed by atoms with E-state index in [9.17, 15) is 0 Å². The number of nitrogens with zero attached hydrogens (tertiary/aromatic N) is 4. The average molecular weight is 492 g/mol. The van der Waals surface area contributed by atoms with E-state index in [1.807, 2.05) is 0 Å². The van der Waals surface area contributed by atoms with Gasteiger partial charge in [0.15, 0.2) is 5.96 Å². The predicted octanol–water partition coefficient (Wildman–Crippen LogP) is 2.78. The quantitative estimate of drug-likeness (QED) is 0.227. The van der Waals surface area contributed by atoms with Gasteiger partial charge in [-0.25, -0.2) is 0 Å². The number of aromatic nitrogens is 3. The first-order valence-electron chi connectivity index (χ1n) is 10.2. The van der Waals surface area contributed by atoms with Gasteiger partial charge in [0.05, 0.1) is 0 Å². The fourth-order valence-corrected chi connectivity index (χ4v) is 3.04. The summed E-state index contributed by atoms with van der Waals surface area (Å²) in [5, 5.41) is 15.5. The van der Waals surface area contributed by atoms with E-state index in [-0.39, 0.29) is 24.0 Å². The first-order chi connectivity index (χ1) is 12.7.